The number of benzene rings is 2. The highest BCUT2D eigenvalue weighted by atomic mass is 16.6. The van der Waals surface area contributed by atoms with Gasteiger partial charge in [-0.15, -0.1) is 0 Å². The van der Waals surface area contributed by atoms with Gasteiger partial charge in [0, 0.05) is 17.8 Å². The van der Waals surface area contributed by atoms with Gasteiger partial charge in [-0.3, -0.25) is 29.4 Å². The van der Waals surface area contributed by atoms with Crippen LogP contribution < -0.4 is 5.32 Å². The Hall–Kier alpha value is -3.55. The number of rotatable bonds is 4. The van der Waals surface area contributed by atoms with Crippen molar-refractivity contribution >= 4 is 29.1 Å². The minimum atomic E-state index is -0.619. The zero-order chi connectivity index (χ0) is 18.1. The smallest absolute Gasteiger partial charge is 0.271 e. The third kappa shape index (κ3) is 3.09. The van der Waals surface area contributed by atoms with Crippen LogP contribution in [0.4, 0.5) is 11.4 Å². The number of nitrogens with zero attached hydrogens (tertiary/aromatic N) is 2. The van der Waals surface area contributed by atoms with E-state index >= 15 is 0 Å². The zero-order valence-corrected chi connectivity index (χ0v) is 13.2. The SMILES string of the molecule is Cc1ccc2c(c1)C(=O)N(CC(=O)Nc1cccc([N+](=O)[O-])c1)C2=O. The van der Waals surface area contributed by atoms with Gasteiger partial charge in [0.2, 0.25) is 5.91 Å². The van der Waals surface area contributed by atoms with Gasteiger partial charge in [0.25, 0.3) is 17.5 Å². The molecule has 3 amide bonds. The first-order chi connectivity index (χ1) is 11.9. The second kappa shape index (κ2) is 6.16. The van der Waals surface area contributed by atoms with Crippen LogP contribution in [0.1, 0.15) is 26.3 Å². The van der Waals surface area contributed by atoms with Crippen molar-refractivity contribution in [2.24, 2.45) is 0 Å². The predicted octanol–water partition coefficient (Wildman–Crippen LogP) is 2.14. The highest BCUT2D eigenvalue weighted by Gasteiger charge is 2.36. The van der Waals surface area contributed by atoms with E-state index in [-0.39, 0.29) is 22.5 Å². The van der Waals surface area contributed by atoms with E-state index in [9.17, 15) is 24.5 Å². The van der Waals surface area contributed by atoms with Crippen LogP contribution in [0.25, 0.3) is 0 Å². The third-order valence-corrected chi connectivity index (χ3v) is 3.77. The van der Waals surface area contributed by atoms with Crippen LogP contribution in [0.2, 0.25) is 0 Å². The summed E-state index contributed by atoms with van der Waals surface area (Å²) in [6, 6.07) is 10.3. The maximum Gasteiger partial charge on any atom is 0.271 e. The number of aryl methyl sites for hydroxylation is 1. The number of carbonyl (C=O) groups is 3. The van der Waals surface area contributed by atoms with Crippen LogP contribution in [0, 0.1) is 17.0 Å². The topological polar surface area (TPSA) is 110 Å². The first-order valence-electron chi connectivity index (χ1n) is 7.38. The van der Waals surface area contributed by atoms with Crippen LogP contribution in [-0.2, 0) is 4.79 Å². The Labute approximate surface area is 142 Å². The lowest BCUT2D eigenvalue weighted by molar-refractivity contribution is -0.384. The van der Waals surface area contributed by atoms with Crippen molar-refractivity contribution in [1.82, 2.24) is 4.90 Å². The van der Waals surface area contributed by atoms with Crippen LogP contribution in [0.3, 0.4) is 0 Å². The molecule has 1 N–H and O–H groups in total. The molecule has 0 unspecified atom stereocenters. The van der Waals surface area contributed by atoms with Gasteiger partial charge in [0.15, 0.2) is 0 Å². The van der Waals surface area contributed by atoms with E-state index in [4.69, 9.17) is 0 Å². The fourth-order valence-electron chi connectivity index (χ4n) is 2.59. The molecule has 2 aromatic rings. The summed E-state index contributed by atoms with van der Waals surface area (Å²) in [5, 5.41) is 13.2. The van der Waals surface area contributed by atoms with E-state index in [1.807, 2.05) is 0 Å². The molecule has 8 heteroatoms. The molecule has 8 nitrogen and oxygen atoms in total. The number of fused-ring (bicyclic) bond motifs is 1. The van der Waals surface area contributed by atoms with E-state index < -0.39 is 29.2 Å². The Balaban J connectivity index is 1.74. The molecule has 3 rings (SSSR count). The summed E-state index contributed by atoms with van der Waals surface area (Å²) in [6.45, 7) is 1.34. The number of hydrogen-bond donors (Lipinski definition) is 1. The van der Waals surface area contributed by atoms with Crippen LogP contribution in [0.5, 0.6) is 0 Å². The quantitative estimate of drug-likeness (QED) is 0.521. The largest absolute Gasteiger partial charge is 0.324 e. The molecule has 2 aromatic carbocycles. The molecule has 1 aliphatic heterocycles. The molecule has 0 spiro atoms. The van der Waals surface area contributed by atoms with Gasteiger partial charge in [-0.1, -0.05) is 17.7 Å². The second-order valence-corrected chi connectivity index (χ2v) is 5.60. The van der Waals surface area contributed by atoms with Gasteiger partial charge in [-0.05, 0) is 25.1 Å². The minimum absolute atomic E-state index is 0.172. The maximum absolute atomic E-state index is 12.3. The first-order valence-corrected chi connectivity index (χ1v) is 7.38. The van der Waals surface area contributed by atoms with Gasteiger partial charge < -0.3 is 5.32 Å². The van der Waals surface area contributed by atoms with E-state index in [0.717, 1.165) is 10.5 Å². The van der Waals surface area contributed by atoms with Gasteiger partial charge >= 0.3 is 0 Å². The van der Waals surface area contributed by atoms with Crippen LogP contribution in [0.15, 0.2) is 42.5 Å². The summed E-state index contributed by atoms with van der Waals surface area (Å²) < 4.78 is 0. The molecule has 0 aliphatic carbocycles. The molecule has 0 radical (unpaired) electrons. The molecule has 1 aliphatic rings. The third-order valence-electron chi connectivity index (χ3n) is 3.77. The van der Waals surface area contributed by atoms with E-state index in [1.54, 1.807) is 25.1 Å². The summed E-state index contributed by atoms with van der Waals surface area (Å²) in [4.78, 5) is 47.8. The maximum atomic E-state index is 12.3. The predicted molar refractivity (Wildman–Crippen MR) is 88.3 cm³/mol. The van der Waals surface area contributed by atoms with Crippen LogP contribution in [-0.4, -0.2) is 34.1 Å². The number of hydrogen-bond acceptors (Lipinski definition) is 5. The number of imide groups is 1. The molecule has 0 atom stereocenters. The normalized spacial score (nSPS) is 12.9. The lowest BCUT2D eigenvalue weighted by Gasteiger charge is -2.13. The molecule has 0 bridgehead atoms. The first kappa shape index (κ1) is 16.3. The fourth-order valence-corrected chi connectivity index (χ4v) is 2.59. The van der Waals surface area contributed by atoms with E-state index in [2.05, 4.69) is 5.32 Å². The second-order valence-electron chi connectivity index (χ2n) is 5.60. The highest BCUT2D eigenvalue weighted by Crippen LogP contribution is 2.24. The number of nitro benzene ring substituents is 1. The average Bonchev–Trinajstić information content (AvgIpc) is 2.79. The molecule has 25 heavy (non-hydrogen) atoms. The number of carbonyl (C=O) groups excluding carboxylic acids is 3. The Morgan fingerprint density at radius 1 is 1.12 bits per heavy atom. The number of nitrogens with one attached hydrogen (secondary N) is 1. The highest BCUT2D eigenvalue weighted by molar-refractivity contribution is 6.22. The Morgan fingerprint density at radius 2 is 1.84 bits per heavy atom. The molecular formula is C17H13N3O5. The summed E-state index contributed by atoms with van der Waals surface area (Å²) in [5.74, 6) is -1.68. The molecule has 0 saturated carbocycles. The number of non-ortho nitro benzene ring substituents is 1. The van der Waals surface area contributed by atoms with Crippen LogP contribution >= 0.6 is 0 Å². The van der Waals surface area contributed by atoms with Crippen molar-refractivity contribution in [2.75, 3.05) is 11.9 Å². The zero-order valence-electron chi connectivity index (χ0n) is 13.2. The van der Waals surface area contributed by atoms with Crippen molar-refractivity contribution in [2.45, 2.75) is 6.92 Å². The number of nitro groups is 1. The van der Waals surface area contributed by atoms with Crippen molar-refractivity contribution in [3.05, 3.63) is 69.3 Å². The summed E-state index contributed by atoms with van der Waals surface area (Å²) >= 11 is 0. The van der Waals surface area contributed by atoms with Gasteiger partial charge in [-0.2, -0.15) is 0 Å². The van der Waals surface area contributed by atoms with E-state index in [1.165, 1.54) is 24.3 Å². The van der Waals surface area contributed by atoms with Crippen molar-refractivity contribution in [3.63, 3.8) is 0 Å². The Morgan fingerprint density at radius 3 is 2.56 bits per heavy atom. The number of amides is 3. The molecule has 1 heterocycles. The monoisotopic (exact) mass is 339 g/mol. The Bertz CT molecular complexity index is 922. The number of anilines is 1. The Kier molecular flexibility index (Phi) is 4.02. The average molecular weight is 339 g/mol. The molecule has 0 fully saturated rings. The lowest BCUT2D eigenvalue weighted by atomic mass is 10.1. The molecule has 0 saturated heterocycles. The fraction of sp³-hybridized carbons (Fsp3) is 0.118. The summed E-state index contributed by atoms with van der Waals surface area (Å²) in [5.41, 5.74) is 1.41. The molecule has 0 aromatic heterocycles. The van der Waals surface area contributed by atoms with Crippen molar-refractivity contribution < 1.29 is 19.3 Å². The van der Waals surface area contributed by atoms with Gasteiger partial charge in [-0.25, -0.2) is 0 Å². The van der Waals surface area contributed by atoms with Gasteiger partial charge in [0.1, 0.15) is 6.54 Å². The summed E-state index contributed by atoms with van der Waals surface area (Å²) in [7, 11) is 0. The minimum Gasteiger partial charge on any atom is -0.324 e. The lowest BCUT2D eigenvalue weighted by Crippen LogP contribution is -2.37. The van der Waals surface area contributed by atoms with E-state index in [0.29, 0.717) is 0 Å². The molecule has 126 valence electrons. The summed E-state index contributed by atoms with van der Waals surface area (Å²) in [6.07, 6.45) is 0. The van der Waals surface area contributed by atoms with Gasteiger partial charge in [0.05, 0.1) is 16.1 Å². The van der Waals surface area contributed by atoms with Crippen molar-refractivity contribution in [3.8, 4) is 0 Å². The standard InChI is InChI=1S/C17H13N3O5/c1-10-5-6-13-14(7-10)17(23)19(16(13)22)9-15(21)18-11-3-2-4-12(8-11)20(24)25/h2-8H,9H2,1H3,(H,18,21). The molecular weight excluding hydrogens is 326 g/mol. The van der Waals surface area contributed by atoms with Crippen molar-refractivity contribution in [1.29, 1.82) is 0 Å².